The molecule has 5 atom stereocenters. The minimum absolute atomic E-state index is 0.00239. The van der Waals surface area contributed by atoms with Crippen molar-refractivity contribution in [2.45, 2.75) is 119 Å². The maximum absolute atomic E-state index is 13.6. The Morgan fingerprint density at radius 1 is 0.941 bits per heavy atom. The largest absolute Gasteiger partial charge is 0.493 e. The lowest BCUT2D eigenvalue weighted by atomic mass is 9.78. The lowest BCUT2D eigenvalue weighted by Crippen LogP contribution is -2.44. The number of ether oxygens (including phenoxy) is 6. The van der Waals surface area contributed by atoms with Crippen LogP contribution in [-0.2, 0) is 39.8 Å². The molecule has 1 aromatic rings. The first-order valence-corrected chi connectivity index (χ1v) is 18.3. The zero-order valence-electron chi connectivity index (χ0n) is 32.8. The maximum Gasteiger partial charge on any atom is 0.415 e. The number of Topliss-reactive ketones (excluding diaryl/α,β-unsaturated/α-hetero) is 1. The van der Waals surface area contributed by atoms with Crippen LogP contribution >= 0.6 is 0 Å². The highest BCUT2D eigenvalue weighted by Gasteiger charge is 2.43. The summed E-state index contributed by atoms with van der Waals surface area (Å²) in [6, 6.07) is 5.51. The fraction of sp³-hybridized carbons (Fsp3) is 0.744. The van der Waals surface area contributed by atoms with Crippen LogP contribution < -0.4 is 15.2 Å². The van der Waals surface area contributed by atoms with Crippen LogP contribution in [0.15, 0.2) is 18.2 Å². The van der Waals surface area contributed by atoms with Gasteiger partial charge >= 0.3 is 12.1 Å². The molecule has 12 nitrogen and oxygen atoms in total. The Hall–Kier alpha value is -3.38. The third-order valence-corrected chi connectivity index (χ3v) is 9.84. The van der Waals surface area contributed by atoms with Gasteiger partial charge in [0.2, 0.25) is 12.2 Å². The fourth-order valence-electron chi connectivity index (χ4n) is 6.13. The Morgan fingerprint density at radius 3 is 2.20 bits per heavy atom. The molecule has 51 heavy (non-hydrogen) atoms. The molecule has 1 aliphatic rings. The number of carbonyl (C=O) groups is 4. The van der Waals surface area contributed by atoms with Crippen LogP contribution in [0.2, 0.25) is 0 Å². The first kappa shape index (κ1) is 43.8. The summed E-state index contributed by atoms with van der Waals surface area (Å²) in [7, 11) is 3.27. The van der Waals surface area contributed by atoms with Crippen LogP contribution in [0.4, 0.5) is 4.79 Å². The first-order valence-electron chi connectivity index (χ1n) is 18.3. The molecule has 2 N–H and O–H groups in total. The van der Waals surface area contributed by atoms with E-state index in [1.165, 1.54) is 6.92 Å². The Bertz CT molecular complexity index is 1280. The highest BCUT2D eigenvalue weighted by Crippen LogP contribution is 2.36. The summed E-state index contributed by atoms with van der Waals surface area (Å²) in [6.45, 7) is 17.8. The lowest BCUT2D eigenvalue weighted by molar-refractivity contribution is -0.170. The molecule has 2 amide bonds. The number of hydrogen-bond donors (Lipinski definition) is 1. The van der Waals surface area contributed by atoms with Crippen LogP contribution in [0.3, 0.4) is 0 Å². The average molecular weight is 721 g/mol. The SMILES string of the molecule is COCCCOc1cc(C[C@@H](C[C@H]2[C@H](C[C@H](C(=O)CCC(C)(C)C(N)=O)C(C)C)OCN2C(=O)OC(C)OC(=O)C(C)C)C(C)C)ccc1OC. The molecule has 1 fully saturated rings. The van der Waals surface area contributed by atoms with Gasteiger partial charge in [0.25, 0.3) is 0 Å². The minimum atomic E-state index is -1.09. The van der Waals surface area contributed by atoms with Crippen molar-refractivity contribution in [3.05, 3.63) is 23.8 Å². The third-order valence-electron chi connectivity index (χ3n) is 9.84. The summed E-state index contributed by atoms with van der Waals surface area (Å²) in [5.74, 6) is 0.00667. The predicted molar refractivity (Wildman–Crippen MR) is 194 cm³/mol. The second kappa shape index (κ2) is 20.6. The Kier molecular flexibility index (Phi) is 17.7. The van der Waals surface area contributed by atoms with Gasteiger partial charge in [-0.1, -0.05) is 61.5 Å². The van der Waals surface area contributed by atoms with E-state index in [-0.39, 0.29) is 48.5 Å². The van der Waals surface area contributed by atoms with Gasteiger partial charge in [0.15, 0.2) is 11.5 Å². The summed E-state index contributed by atoms with van der Waals surface area (Å²) in [4.78, 5) is 53.0. The van der Waals surface area contributed by atoms with Crippen LogP contribution in [0, 0.1) is 35.0 Å². The number of benzene rings is 1. The van der Waals surface area contributed by atoms with Crippen molar-refractivity contribution in [3.8, 4) is 11.5 Å². The molecule has 0 aromatic heterocycles. The van der Waals surface area contributed by atoms with Gasteiger partial charge in [-0.15, -0.1) is 0 Å². The van der Waals surface area contributed by atoms with Gasteiger partial charge in [-0.05, 0) is 61.1 Å². The first-order chi connectivity index (χ1) is 23.9. The molecular formula is C39H64N2O10. The molecule has 0 spiro atoms. The zero-order chi connectivity index (χ0) is 38.5. The van der Waals surface area contributed by atoms with Crippen molar-refractivity contribution in [2.75, 3.05) is 34.2 Å². The summed E-state index contributed by atoms with van der Waals surface area (Å²) >= 11 is 0. The molecule has 1 heterocycles. The summed E-state index contributed by atoms with van der Waals surface area (Å²) in [5.41, 5.74) is 5.83. The van der Waals surface area contributed by atoms with Gasteiger partial charge in [0.05, 0.1) is 31.8 Å². The number of primary amides is 1. The van der Waals surface area contributed by atoms with Gasteiger partial charge < -0.3 is 34.2 Å². The van der Waals surface area contributed by atoms with Gasteiger partial charge in [0.1, 0.15) is 12.5 Å². The smallest absolute Gasteiger partial charge is 0.415 e. The van der Waals surface area contributed by atoms with E-state index >= 15 is 0 Å². The molecule has 12 heteroatoms. The highest BCUT2D eigenvalue weighted by molar-refractivity contribution is 5.84. The maximum atomic E-state index is 13.6. The van der Waals surface area contributed by atoms with E-state index < -0.39 is 41.8 Å². The lowest BCUT2D eigenvalue weighted by Gasteiger charge is -2.33. The van der Waals surface area contributed by atoms with Crippen molar-refractivity contribution in [1.29, 1.82) is 0 Å². The number of ketones is 1. The number of hydrogen-bond acceptors (Lipinski definition) is 10. The van der Waals surface area contributed by atoms with Gasteiger partial charge in [-0.25, -0.2) is 4.79 Å². The number of nitrogens with zero attached hydrogens (tertiary/aromatic N) is 1. The molecule has 1 saturated heterocycles. The van der Waals surface area contributed by atoms with Crippen molar-refractivity contribution >= 4 is 23.8 Å². The molecule has 0 bridgehead atoms. The summed E-state index contributed by atoms with van der Waals surface area (Å²) in [6.07, 6.45) is 0.763. The van der Waals surface area contributed by atoms with Crippen molar-refractivity contribution in [2.24, 2.45) is 40.7 Å². The standard InChI is InChI=1S/C39H64N2O10/c1-24(2)29(19-28-13-14-33(47-11)35(20-28)48-18-12-17-46-10)21-31-34(22-30(25(3)4)32(42)15-16-39(8,9)37(40)44)49-23-41(31)38(45)51-27(7)50-36(43)26(5)6/h13-14,20,24-27,29-31,34H,12,15-19,21-23H2,1-11H3,(H2,40,44)/t27?,29-,30-,31-,34-/m0/s1. The number of amides is 2. The number of esters is 1. The highest BCUT2D eigenvalue weighted by atomic mass is 16.7. The van der Waals surface area contributed by atoms with Gasteiger partial charge in [0, 0.05) is 44.8 Å². The fourth-order valence-corrected chi connectivity index (χ4v) is 6.13. The number of nitrogens with two attached hydrogens (primary N) is 1. The Balaban J connectivity index is 2.38. The monoisotopic (exact) mass is 720 g/mol. The van der Waals surface area contributed by atoms with Crippen LogP contribution in [0.1, 0.15) is 100.0 Å². The molecule has 0 aliphatic carbocycles. The van der Waals surface area contributed by atoms with Crippen LogP contribution in [-0.4, -0.2) is 81.3 Å². The van der Waals surface area contributed by atoms with Crippen LogP contribution in [0.25, 0.3) is 0 Å². The second-order valence-corrected chi connectivity index (χ2v) is 15.3. The van der Waals surface area contributed by atoms with Crippen molar-refractivity contribution in [1.82, 2.24) is 4.90 Å². The topological polar surface area (TPSA) is 153 Å². The molecule has 1 unspecified atom stereocenters. The minimum Gasteiger partial charge on any atom is -0.493 e. The van der Waals surface area contributed by atoms with E-state index in [1.807, 2.05) is 32.0 Å². The van der Waals surface area contributed by atoms with E-state index in [1.54, 1.807) is 46.8 Å². The zero-order valence-corrected chi connectivity index (χ0v) is 32.8. The number of rotatable bonds is 22. The van der Waals surface area contributed by atoms with Gasteiger partial charge in [-0.3, -0.25) is 19.3 Å². The number of carbonyl (C=O) groups excluding carboxylic acids is 4. The van der Waals surface area contributed by atoms with Gasteiger partial charge in [-0.2, -0.15) is 0 Å². The van der Waals surface area contributed by atoms with E-state index in [2.05, 4.69) is 13.8 Å². The van der Waals surface area contributed by atoms with Crippen molar-refractivity contribution in [3.63, 3.8) is 0 Å². The number of methoxy groups -OCH3 is 2. The Morgan fingerprint density at radius 2 is 1.63 bits per heavy atom. The molecule has 2 rings (SSSR count). The van der Waals surface area contributed by atoms with Crippen molar-refractivity contribution < 1.29 is 47.6 Å². The van der Waals surface area contributed by atoms with E-state index in [4.69, 9.17) is 34.2 Å². The summed E-state index contributed by atoms with van der Waals surface area (Å²) < 4.78 is 34.0. The molecule has 1 aliphatic heterocycles. The molecule has 0 saturated carbocycles. The third kappa shape index (κ3) is 13.6. The molecule has 290 valence electrons. The quantitative estimate of drug-likeness (QED) is 0.0793. The molecule has 1 aromatic carbocycles. The summed E-state index contributed by atoms with van der Waals surface area (Å²) in [5, 5.41) is 0. The second-order valence-electron chi connectivity index (χ2n) is 15.3. The normalized spacial score (nSPS) is 18.1. The molecule has 0 radical (unpaired) electrons. The Labute approximate surface area is 305 Å². The van der Waals surface area contributed by atoms with Crippen LogP contribution in [0.5, 0.6) is 11.5 Å². The van der Waals surface area contributed by atoms with E-state index in [0.717, 1.165) is 12.0 Å². The average Bonchev–Trinajstić information content (AvgIpc) is 3.45. The predicted octanol–water partition coefficient (Wildman–Crippen LogP) is 6.55. The van der Waals surface area contributed by atoms with E-state index in [9.17, 15) is 19.2 Å². The van der Waals surface area contributed by atoms with E-state index in [0.29, 0.717) is 50.4 Å². The molecular weight excluding hydrogens is 656 g/mol.